The molecule has 0 radical (unpaired) electrons. The van der Waals surface area contributed by atoms with Crippen molar-refractivity contribution in [3.05, 3.63) is 17.7 Å². The second-order valence-electron chi connectivity index (χ2n) is 4.34. The molecule has 2 N–H and O–H groups in total. The standard InChI is InChI=1S/C13H19NO3/c1-9(14)3-4-10-7-11(15-2)13-12(8-10)16-5-6-17-13/h7-9H,3-6,14H2,1-2H3/t9-/m1/s1. The average Bonchev–Trinajstić information content (AvgIpc) is 2.35. The number of rotatable bonds is 4. The number of fused-ring (bicyclic) bond motifs is 1. The zero-order valence-corrected chi connectivity index (χ0v) is 10.4. The molecule has 1 aromatic carbocycles. The first-order valence-electron chi connectivity index (χ1n) is 5.93. The third-order valence-electron chi connectivity index (χ3n) is 2.78. The lowest BCUT2D eigenvalue weighted by atomic mass is 10.1. The van der Waals surface area contributed by atoms with Crippen molar-refractivity contribution in [1.29, 1.82) is 0 Å². The predicted octanol–water partition coefficient (Wildman–Crippen LogP) is 1.75. The lowest BCUT2D eigenvalue weighted by Gasteiger charge is -2.21. The quantitative estimate of drug-likeness (QED) is 0.866. The Bertz CT molecular complexity index is 373. The summed E-state index contributed by atoms with van der Waals surface area (Å²) in [5.74, 6) is 2.22. The van der Waals surface area contributed by atoms with E-state index in [9.17, 15) is 0 Å². The van der Waals surface area contributed by atoms with Gasteiger partial charge in [0.25, 0.3) is 0 Å². The molecule has 0 saturated carbocycles. The molecular formula is C13H19NO3. The SMILES string of the molecule is COc1cc(CC[C@@H](C)N)cc2c1OCCO2. The van der Waals surface area contributed by atoms with E-state index in [0.717, 1.165) is 24.3 Å². The number of hydrogen-bond acceptors (Lipinski definition) is 4. The minimum absolute atomic E-state index is 0.203. The van der Waals surface area contributed by atoms with Crippen LogP contribution in [0.3, 0.4) is 0 Å². The number of methoxy groups -OCH3 is 1. The van der Waals surface area contributed by atoms with E-state index >= 15 is 0 Å². The van der Waals surface area contributed by atoms with Gasteiger partial charge in [0, 0.05) is 6.04 Å². The van der Waals surface area contributed by atoms with E-state index in [0.29, 0.717) is 19.0 Å². The van der Waals surface area contributed by atoms with Crippen LogP contribution >= 0.6 is 0 Å². The van der Waals surface area contributed by atoms with Gasteiger partial charge >= 0.3 is 0 Å². The van der Waals surface area contributed by atoms with Crippen LogP contribution in [0.4, 0.5) is 0 Å². The molecule has 0 unspecified atom stereocenters. The van der Waals surface area contributed by atoms with Crippen molar-refractivity contribution >= 4 is 0 Å². The lowest BCUT2D eigenvalue weighted by Crippen LogP contribution is -2.17. The number of ether oxygens (including phenoxy) is 3. The zero-order valence-electron chi connectivity index (χ0n) is 10.4. The van der Waals surface area contributed by atoms with Crippen molar-refractivity contribution in [2.24, 2.45) is 5.73 Å². The van der Waals surface area contributed by atoms with Crippen LogP contribution < -0.4 is 19.9 Å². The van der Waals surface area contributed by atoms with Crippen LogP contribution in [0.2, 0.25) is 0 Å². The highest BCUT2D eigenvalue weighted by atomic mass is 16.6. The maximum atomic E-state index is 5.76. The second-order valence-corrected chi connectivity index (χ2v) is 4.34. The first kappa shape index (κ1) is 12.0. The van der Waals surface area contributed by atoms with Crippen molar-refractivity contribution in [3.8, 4) is 17.2 Å². The van der Waals surface area contributed by atoms with Gasteiger partial charge in [0.1, 0.15) is 13.2 Å². The summed E-state index contributed by atoms with van der Waals surface area (Å²) in [5, 5.41) is 0. The Balaban J connectivity index is 2.23. The molecule has 17 heavy (non-hydrogen) atoms. The van der Waals surface area contributed by atoms with Gasteiger partial charge in [-0.1, -0.05) is 0 Å². The molecule has 0 aromatic heterocycles. The average molecular weight is 237 g/mol. The van der Waals surface area contributed by atoms with Crippen molar-refractivity contribution in [2.45, 2.75) is 25.8 Å². The summed E-state index contributed by atoms with van der Waals surface area (Å²) < 4.78 is 16.5. The van der Waals surface area contributed by atoms with Crippen molar-refractivity contribution in [1.82, 2.24) is 0 Å². The van der Waals surface area contributed by atoms with Crippen LogP contribution in [0, 0.1) is 0 Å². The Hall–Kier alpha value is -1.42. The van der Waals surface area contributed by atoms with Crippen LogP contribution in [-0.2, 0) is 6.42 Å². The van der Waals surface area contributed by atoms with E-state index in [1.54, 1.807) is 7.11 Å². The number of nitrogens with two attached hydrogens (primary N) is 1. The molecule has 4 heteroatoms. The molecular weight excluding hydrogens is 218 g/mol. The summed E-state index contributed by atoms with van der Waals surface area (Å²) in [6, 6.07) is 4.21. The van der Waals surface area contributed by atoms with Gasteiger partial charge in [-0.15, -0.1) is 0 Å². The minimum atomic E-state index is 0.203. The van der Waals surface area contributed by atoms with Crippen LogP contribution in [0.15, 0.2) is 12.1 Å². The van der Waals surface area contributed by atoms with E-state index in [1.165, 1.54) is 5.56 Å². The lowest BCUT2D eigenvalue weighted by molar-refractivity contribution is 0.165. The molecule has 4 nitrogen and oxygen atoms in total. The van der Waals surface area contributed by atoms with E-state index < -0.39 is 0 Å². The third-order valence-corrected chi connectivity index (χ3v) is 2.78. The zero-order chi connectivity index (χ0) is 12.3. The van der Waals surface area contributed by atoms with E-state index in [1.807, 2.05) is 19.1 Å². The fourth-order valence-electron chi connectivity index (χ4n) is 1.87. The summed E-state index contributed by atoms with van der Waals surface area (Å²) in [6.45, 7) is 3.17. The molecule has 1 aromatic rings. The maximum absolute atomic E-state index is 5.76. The van der Waals surface area contributed by atoms with Crippen molar-refractivity contribution < 1.29 is 14.2 Å². The maximum Gasteiger partial charge on any atom is 0.203 e. The molecule has 0 bridgehead atoms. The Morgan fingerprint density at radius 2 is 2.12 bits per heavy atom. The van der Waals surface area contributed by atoms with Gasteiger partial charge in [-0.3, -0.25) is 0 Å². The molecule has 0 aliphatic carbocycles. The Morgan fingerprint density at radius 1 is 1.35 bits per heavy atom. The fourth-order valence-corrected chi connectivity index (χ4v) is 1.87. The molecule has 1 atom stereocenters. The van der Waals surface area contributed by atoms with E-state index in [-0.39, 0.29) is 6.04 Å². The van der Waals surface area contributed by atoms with Gasteiger partial charge in [0.2, 0.25) is 5.75 Å². The van der Waals surface area contributed by atoms with Gasteiger partial charge in [0.15, 0.2) is 11.5 Å². The van der Waals surface area contributed by atoms with Gasteiger partial charge in [-0.2, -0.15) is 0 Å². The Kier molecular flexibility index (Phi) is 3.74. The van der Waals surface area contributed by atoms with Crippen LogP contribution in [-0.4, -0.2) is 26.4 Å². The molecule has 94 valence electrons. The molecule has 1 aliphatic heterocycles. The van der Waals surface area contributed by atoms with E-state index in [4.69, 9.17) is 19.9 Å². The van der Waals surface area contributed by atoms with Gasteiger partial charge < -0.3 is 19.9 Å². The van der Waals surface area contributed by atoms with Gasteiger partial charge in [0.05, 0.1) is 7.11 Å². The Morgan fingerprint density at radius 3 is 2.82 bits per heavy atom. The second kappa shape index (κ2) is 5.27. The van der Waals surface area contributed by atoms with E-state index in [2.05, 4.69) is 0 Å². The number of benzene rings is 1. The summed E-state index contributed by atoms with van der Waals surface area (Å²) in [5.41, 5.74) is 6.93. The molecule has 1 aliphatic rings. The molecule has 0 amide bonds. The third kappa shape index (κ3) is 2.82. The monoisotopic (exact) mass is 237 g/mol. The molecule has 0 spiro atoms. The summed E-state index contributed by atoms with van der Waals surface area (Å²) in [7, 11) is 1.64. The topological polar surface area (TPSA) is 53.7 Å². The number of hydrogen-bond donors (Lipinski definition) is 1. The molecule has 0 saturated heterocycles. The Labute approximate surface area is 102 Å². The summed E-state index contributed by atoms with van der Waals surface area (Å²) in [6.07, 6.45) is 1.87. The first-order chi connectivity index (χ1) is 8.20. The van der Waals surface area contributed by atoms with Crippen molar-refractivity contribution in [3.63, 3.8) is 0 Å². The summed E-state index contributed by atoms with van der Waals surface area (Å²) in [4.78, 5) is 0. The normalized spacial score (nSPS) is 15.5. The summed E-state index contributed by atoms with van der Waals surface area (Å²) >= 11 is 0. The number of aryl methyl sites for hydroxylation is 1. The van der Waals surface area contributed by atoms with Gasteiger partial charge in [-0.05, 0) is 37.5 Å². The highest BCUT2D eigenvalue weighted by Gasteiger charge is 2.18. The fraction of sp³-hybridized carbons (Fsp3) is 0.538. The van der Waals surface area contributed by atoms with Gasteiger partial charge in [-0.25, -0.2) is 0 Å². The van der Waals surface area contributed by atoms with Crippen LogP contribution in [0.5, 0.6) is 17.2 Å². The van der Waals surface area contributed by atoms with Crippen LogP contribution in [0.25, 0.3) is 0 Å². The highest BCUT2D eigenvalue weighted by Crippen LogP contribution is 2.40. The predicted molar refractivity (Wildman–Crippen MR) is 66.0 cm³/mol. The highest BCUT2D eigenvalue weighted by molar-refractivity contribution is 5.54. The molecule has 1 heterocycles. The smallest absolute Gasteiger partial charge is 0.203 e. The molecule has 0 fully saturated rings. The van der Waals surface area contributed by atoms with Crippen molar-refractivity contribution in [2.75, 3.05) is 20.3 Å². The minimum Gasteiger partial charge on any atom is -0.493 e. The van der Waals surface area contributed by atoms with Crippen LogP contribution in [0.1, 0.15) is 18.9 Å². The molecule has 2 rings (SSSR count). The first-order valence-corrected chi connectivity index (χ1v) is 5.93. The largest absolute Gasteiger partial charge is 0.493 e.